The summed E-state index contributed by atoms with van der Waals surface area (Å²) in [5, 5.41) is 6.51. The van der Waals surface area contributed by atoms with E-state index in [-0.39, 0.29) is 18.0 Å². The number of urea groups is 1. The average Bonchev–Trinajstić information content (AvgIpc) is 2.91. The van der Waals surface area contributed by atoms with Crippen molar-refractivity contribution in [1.82, 2.24) is 15.0 Å². The third-order valence-corrected chi connectivity index (χ3v) is 3.91. The summed E-state index contributed by atoms with van der Waals surface area (Å²) in [6, 6.07) is 1.48. The molecule has 3 amide bonds. The van der Waals surface area contributed by atoms with Crippen molar-refractivity contribution in [1.29, 1.82) is 0 Å². The summed E-state index contributed by atoms with van der Waals surface area (Å²) in [5.74, 6) is 1.28. The molecule has 0 bridgehead atoms. The summed E-state index contributed by atoms with van der Waals surface area (Å²) in [7, 11) is 1.73. The van der Waals surface area contributed by atoms with E-state index in [1.807, 2.05) is 20.8 Å². The van der Waals surface area contributed by atoms with Gasteiger partial charge in [-0.2, -0.15) is 0 Å². The number of anilines is 1. The minimum absolute atomic E-state index is 0.196. The van der Waals surface area contributed by atoms with Crippen molar-refractivity contribution in [3.05, 3.63) is 11.8 Å². The van der Waals surface area contributed by atoms with Gasteiger partial charge in [0.2, 0.25) is 0 Å². The maximum absolute atomic E-state index is 12.4. The maximum Gasteiger partial charge on any atom is 0.410 e. The van der Waals surface area contributed by atoms with Crippen molar-refractivity contribution >= 4 is 17.9 Å². The van der Waals surface area contributed by atoms with Crippen LogP contribution in [0, 0.1) is 12.8 Å². The van der Waals surface area contributed by atoms with E-state index in [0.29, 0.717) is 31.2 Å². The standard InChI is InChI=1S/C17H28N4O4/c1-12-9-14(19-25-12)18-15(22)21-8-6-7-13(11-21)10-20(5)16(23)24-17(2,3)4/h9,13H,6-8,10-11H2,1-5H3,(H,18,19,22). The Kier molecular flexibility index (Phi) is 5.92. The molecule has 1 unspecified atom stereocenters. The lowest BCUT2D eigenvalue weighted by Crippen LogP contribution is -2.46. The fraction of sp³-hybridized carbons (Fsp3) is 0.706. The third kappa shape index (κ3) is 5.95. The molecule has 25 heavy (non-hydrogen) atoms. The van der Waals surface area contributed by atoms with Gasteiger partial charge in [0.1, 0.15) is 11.4 Å². The second-order valence-electron chi connectivity index (χ2n) is 7.57. The van der Waals surface area contributed by atoms with Gasteiger partial charge in [-0.25, -0.2) is 9.59 Å². The lowest BCUT2D eigenvalue weighted by Gasteiger charge is -2.34. The zero-order valence-corrected chi connectivity index (χ0v) is 15.7. The number of ether oxygens (including phenoxy) is 1. The van der Waals surface area contributed by atoms with Gasteiger partial charge in [0, 0.05) is 32.7 Å². The molecule has 8 heteroatoms. The van der Waals surface area contributed by atoms with E-state index in [1.165, 1.54) is 0 Å². The zero-order chi connectivity index (χ0) is 18.6. The molecule has 2 heterocycles. The van der Waals surface area contributed by atoms with Crippen LogP contribution >= 0.6 is 0 Å². The van der Waals surface area contributed by atoms with Gasteiger partial charge in [-0.3, -0.25) is 5.32 Å². The Morgan fingerprint density at radius 1 is 1.48 bits per heavy atom. The van der Waals surface area contributed by atoms with E-state index in [2.05, 4.69) is 10.5 Å². The highest BCUT2D eigenvalue weighted by molar-refractivity contribution is 5.88. The minimum Gasteiger partial charge on any atom is -0.444 e. The Bertz CT molecular complexity index is 608. The summed E-state index contributed by atoms with van der Waals surface area (Å²) < 4.78 is 10.3. The molecule has 1 aliphatic heterocycles. The monoisotopic (exact) mass is 352 g/mol. The second-order valence-corrected chi connectivity index (χ2v) is 7.57. The van der Waals surface area contributed by atoms with Crippen molar-refractivity contribution in [2.75, 3.05) is 32.0 Å². The molecule has 1 fully saturated rings. The first-order valence-electron chi connectivity index (χ1n) is 8.57. The van der Waals surface area contributed by atoms with Crippen molar-refractivity contribution in [3.8, 4) is 0 Å². The van der Waals surface area contributed by atoms with E-state index in [1.54, 1.807) is 29.8 Å². The molecule has 0 aliphatic carbocycles. The van der Waals surface area contributed by atoms with Crippen molar-refractivity contribution in [3.63, 3.8) is 0 Å². The molecule has 0 radical (unpaired) electrons. The van der Waals surface area contributed by atoms with Crippen LogP contribution in [0.5, 0.6) is 0 Å². The van der Waals surface area contributed by atoms with Crippen LogP contribution in [0.1, 0.15) is 39.4 Å². The number of aromatic nitrogens is 1. The van der Waals surface area contributed by atoms with Gasteiger partial charge in [0.15, 0.2) is 5.82 Å². The van der Waals surface area contributed by atoms with Crippen molar-refractivity contribution in [2.45, 2.75) is 46.1 Å². The maximum atomic E-state index is 12.4. The first-order chi connectivity index (χ1) is 11.6. The Balaban J connectivity index is 1.85. The van der Waals surface area contributed by atoms with Crippen molar-refractivity contribution < 1.29 is 18.8 Å². The van der Waals surface area contributed by atoms with E-state index >= 15 is 0 Å². The molecule has 1 aromatic heterocycles. The number of aryl methyl sites for hydroxylation is 1. The molecule has 2 rings (SSSR count). The van der Waals surface area contributed by atoms with E-state index in [4.69, 9.17) is 9.26 Å². The molecule has 1 aromatic rings. The summed E-state index contributed by atoms with van der Waals surface area (Å²) in [5.41, 5.74) is -0.514. The van der Waals surface area contributed by atoms with Crippen LogP contribution in [0.15, 0.2) is 10.6 Å². The minimum atomic E-state index is -0.514. The average molecular weight is 352 g/mol. The predicted molar refractivity (Wildman–Crippen MR) is 93.4 cm³/mol. The topological polar surface area (TPSA) is 87.9 Å². The number of carbonyl (C=O) groups excluding carboxylic acids is 2. The van der Waals surface area contributed by atoms with Gasteiger partial charge in [0.05, 0.1) is 0 Å². The molecule has 1 atom stereocenters. The molecule has 0 saturated carbocycles. The van der Waals surface area contributed by atoms with Crippen LogP contribution in [0.4, 0.5) is 15.4 Å². The molecule has 0 spiro atoms. The van der Waals surface area contributed by atoms with Gasteiger partial charge in [-0.15, -0.1) is 0 Å². The van der Waals surface area contributed by atoms with Crippen LogP contribution in [0.3, 0.4) is 0 Å². The Morgan fingerprint density at radius 3 is 2.80 bits per heavy atom. The Hall–Kier alpha value is -2.25. The van der Waals surface area contributed by atoms with Gasteiger partial charge in [0.25, 0.3) is 0 Å². The fourth-order valence-electron chi connectivity index (χ4n) is 2.81. The summed E-state index contributed by atoms with van der Waals surface area (Å²) in [6.07, 6.45) is 1.53. The van der Waals surface area contributed by atoms with Crippen LogP contribution in [0.2, 0.25) is 0 Å². The zero-order valence-electron chi connectivity index (χ0n) is 15.7. The molecular formula is C17H28N4O4. The van der Waals surface area contributed by atoms with Crippen LogP contribution < -0.4 is 5.32 Å². The first-order valence-corrected chi connectivity index (χ1v) is 8.57. The highest BCUT2D eigenvalue weighted by Crippen LogP contribution is 2.19. The fourth-order valence-corrected chi connectivity index (χ4v) is 2.81. The van der Waals surface area contributed by atoms with Crippen molar-refractivity contribution in [2.24, 2.45) is 5.92 Å². The molecule has 1 aliphatic rings. The molecule has 0 aromatic carbocycles. The molecular weight excluding hydrogens is 324 g/mol. The summed E-state index contributed by atoms with van der Waals surface area (Å²) in [4.78, 5) is 27.8. The number of piperidine rings is 1. The number of carbonyl (C=O) groups is 2. The number of amides is 3. The number of nitrogens with one attached hydrogen (secondary N) is 1. The van der Waals surface area contributed by atoms with Gasteiger partial charge in [-0.1, -0.05) is 5.16 Å². The van der Waals surface area contributed by atoms with Crippen LogP contribution in [0.25, 0.3) is 0 Å². The number of rotatable bonds is 3. The largest absolute Gasteiger partial charge is 0.444 e. The quantitative estimate of drug-likeness (QED) is 0.903. The molecule has 1 saturated heterocycles. The number of likely N-dealkylation sites (tertiary alicyclic amines) is 1. The molecule has 140 valence electrons. The number of hydrogen-bond donors (Lipinski definition) is 1. The van der Waals surface area contributed by atoms with E-state index in [9.17, 15) is 9.59 Å². The number of hydrogen-bond acceptors (Lipinski definition) is 5. The van der Waals surface area contributed by atoms with Gasteiger partial charge in [-0.05, 0) is 46.5 Å². The van der Waals surface area contributed by atoms with Gasteiger partial charge < -0.3 is 19.1 Å². The lowest BCUT2D eigenvalue weighted by atomic mass is 9.98. The SMILES string of the molecule is Cc1cc(NC(=O)N2CCCC(CN(C)C(=O)OC(C)(C)C)C2)no1. The van der Waals surface area contributed by atoms with E-state index < -0.39 is 5.60 Å². The van der Waals surface area contributed by atoms with Gasteiger partial charge >= 0.3 is 12.1 Å². The van der Waals surface area contributed by atoms with Crippen LogP contribution in [-0.4, -0.2) is 59.4 Å². The first kappa shape index (κ1) is 19.1. The van der Waals surface area contributed by atoms with Crippen LogP contribution in [-0.2, 0) is 4.74 Å². The lowest BCUT2D eigenvalue weighted by molar-refractivity contribution is 0.0253. The molecule has 1 N–H and O–H groups in total. The molecule has 8 nitrogen and oxygen atoms in total. The summed E-state index contributed by atoms with van der Waals surface area (Å²) >= 11 is 0. The highest BCUT2D eigenvalue weighted by atomic mass is 16.6. The Morgan fingerprint density at radius 2 is 2.20 bits per heavy atom. The predicted octanol–water partition coefficient (Wildman–Crippen LogP) is 3.09. The smallest absolute Gasteiger partial charge is 0.410 e. The third-order valence-electron chi connectivity index (χ3n) is 3.91. The second kappa shape index (κ2) is 7.76. The highest BCUT2D eigenvalue weighted by Gasteiger charge is 2.27. The van der Waals surface area contributed by atoms with E-state index in [0.717, 1.165) is 12.8 Å². The normalized spacial score (nSPS) is 18.0. The summed E-state index contributed by atoms with van der Waals surface area (Å²) in [6.45, 7) is 9.14. The number of nitrogens with zero attached hydrogens (tertiary/aromatic N) is 3. The Labute approximate surface area is 148 Å².